The first-order valence-electron chi connectivity index (χ1n) is 4.63. The second-order valence-corrected chi connectivity index (χ2v) is 5.23. The molecule has 0 N–H and O–H groups in total. The highest BCUT2D eigenvalue weighted by atomic mass is 79.9. The number of hydrogen-bond acceptors (Lipinski definition) is 1. The van der Waals surface area contributed by atoms with Gasteiger partial charge in [-0.3, -0.25) is 0 Å². The molecule has 0 amide bonds. The minimum Gasteiger partial charge on any atom is -0.360 e. The molecule has 0 unspecified atom stereocenters. The molecular formula is C10H15BrO. The van der Waals surface area contributed by atoms with Crippen molar-refractivity contribution in [1.82, 2.24) is 0 Å². The van der Waals surface area contributed by atoms with E-state index in [0.717, 1.165) is 0 Å². The number of rotatable bonds is 0. The monoisotopic (exact) mass is 230 g/mol. The molecule has 0 radical (unpaired) electrons. The highest BCUT2D eigenvalue weighted by molar-refractivity contribution is 9.11. The third-order valence-corrected chi connectivity index (χ3v) is 4.06. The highest BCUT2D eigenvalue weighted by Gasteiger charge is 2.45. The predicted molar refractivity (Wildman–Crippen MR) is 53.4 cm³/mol. The van der Waals surface area contributed by atoms with E-state index in [9.17, 15) is 0 Å². The first-order chi connectivity index (χ1) is 5.54. The van der Waals surface area contributed by atoms with Crippen LogP contribution in [-0.4, -0.2) is 11.2 Å². The molecule has 1 heterocycles. The van der Waals surface area contributed by atoms with Gasteiger partial charge in [0, 0.05) is 4.48 Å². The van der Waals surface area contributed by atoms with Crippen LogP contribution in [0.5, 0.6) is 0 Å². The summed E-state index contributed by atoms with van der Waals surface area (Å²) in [4.78, 5) is 0. The van der Waals surface area contributed by atoms with Crippen molar-refractivity contribution in [2.75, 3.05) is 0 Å². The lowest BCUT2D eigenvalue weighted by Gasteiger charge is -2.28. The Labute approximate surface area is 82.3 Å². The van der Waals surface area contributed by atoms with Gasteiger partial charge >= 0.3 is 0 Å². The summed E-state index contributed by atoms with van der Waals surface area (Å²) in [5, 5.41) is 0. The summed E-state index contributed by atoms with van der Waals surface area (Å²) >= 11 is 3.58. The summed E-state index contributed by atoms with van der Waals surface area (Å²) < 4.78 is 7.29. The van der Waals surface area contributed by atoms with Gasteiger partial charge in [-0.1, -0.05) is 28.8 Å². The highest BCUT2D eigenvalue weighted by Crippen LogP contribution is 2.47. The smallest absolute Gasteiger partial charge is 0.0949 e. The Kier molecular flexibility index (Phi) is 1.89. The van der Waals surface area contributed by atoms with E-state index in [2.05, 4.69) is 35.9 Å². The second kappa shape index (κ2) is 2.58. The number of hydrogen-bond donors (Lipinski definition) is 0. The fourth-order valence-electron chi connectivity index (χ4n) is 2.21. The Bertz CT molecular complexity index is 224. The molecule has 1 aliphatic carbocycles. The molecule has 0 saturated heterocycles. The Balaban J connectivity index is 2.25. The van der Waals surface area contributed by atoms with Crippen molar-refractivity contribution in [1.29, 1.82) is 0 Å². The van der Waals surface area contributed by atoms with Crippen LogP contribution in [0, 0.1) is 0 Å². The zero-order valence-electron chi connectivity index (χ0n) is 7.69. The third-order valence-electron chi connectivity index (χ3n) is 2.87. The van der Waals surface area contributed by atoms with E-state index in [1.165, 1.54) is 30.2 Å². The number of halogens is 1. The molecule has 1 aliphatic heterocycles. The minimum atomic E-state index is -0.0929. The molecule has 2 heteroatoms. The first-order valence-corrected chi connectivity index (χ1v) is 5.42. The average molecular weight is 231 g/mol. The van der Waals surface area contributed by atoms with E-state index < -0.39 is 0 Å². The van der Waals surface area contributed by atoms with Crippen LogP contribution in [0.4, 0.5) is 0 Å². The second-order valence-electron chi connectivity index (χ2n) is 4.38. The van der Waals surface area contributed by atoms with Gasteiger partial charge in [0.1, 0.15) is 0 Å². The van der Waals surface area contributed by atoms with Crippen molar-refractivity contribution in [3.8, 4) is 0 Å². The summed E-state index contributed by atoms with van der Waals surface area (Å²) in [6.45, 7) is 4.25. The Morgan fingerprint density at radius 2 is 1.92 bits per heavy atom. The van der Waals surface area contributed by atoms with E-state index in [4.69, 9.17) is 4.74 Å². The van der Waals surface area contributed by atoms with E-state index in [1.54, 1.807) is 0 Å². The van der Waals surface area contributed by atoms with Crippen LogP contribution in [0.1, 0.15) is 39.5 Å². The zero-order chi connectivity index (χ0) is 8.82. The summed E-state index contributed by atoms with van der Waals surface area (Å²) in [5.74, 6) is 0. The maximum Gasteiger partial charge on any atom is 0.0949 e. The van der Waals surface area contributed by atoms with Crippen LogP contribution in [0.2, 0.25) is 0 Å². The van der Waals surface area contributed by atoms with Gasteiger partial charge in [-0.05, 0) is 32.8 Å². The molecule has 1 spiro atoms. The molecule has 2 rings (SSSR count). The van der Waals surface area contributed by atoms with Gasteiger partial charge in [-0.2, -0.15) is 0 Å². The first kappa shape index (κ1) is 8.76. The topological polar surface area (TPSA) is 9.23 Å². The molecule has 68 valence electrons. The lowest BCUT2D eigenvalue weighted by Crippen LogP contribution is -2.30. The van der Waals surface area contributed by atoms with Gasteiger partial charge in [0.15, 0.2) is 0 Å². The van der Waals surface area contributed by atoms with Gasteiger partial charge in [-0.15, -0.1) is 0 Å². The fourth-order valence-corrected chi connectivity index (χ4v) is 2.71. The van der Waals surface area contributed by atoms with Crippen LogP contribution in [0.15, 0.2) is 10.6 Å². The Hall–Kier alpha value is 0.180. The van der Waals surface area contributed by atoms with E-state index in [0.29, 0.717) is 0 Å². The quantitative estimate of drug-likeness (QED) is 0.620. The fraction of sp³-hybridized carbons (Fsp3) is 0.800. The lowest BCUT2D eigenvalue weighted by atomic mass is 10.0. The zero-order valence-corrected chi connectivity index (χ0v) is 9.28. The van der Waals surface area contributed by atoms with Crippen molar-refractivity contribution >= 4 is 15.9 Å². The van der Waals surface area contributed by atoms with Crippen molar-refractivity contribution in [3.05, 3.63) is 10.6 Å². The normalized spacial score (nSPS) is 31.1. The molecular weight excluding hydrogens is 216 g/mol. The molecule has 2 aliphatic rings. The van der Waals surface area contributed by atoms with Crippen molar-refractivity contribution in [2.24, 2.45) is 0 Å². The van der Waals surface area contributed by atoms with E-state index >= 15 is 0 Å². The van der Waals surface area contributed by atoms with Gasteiger partial charge in [-0.25, -0.2) is 0 Å². The molecule has 0 aromatic rings. The summed E-state index contributed by atoms with van der Waals surface area (Å²) in [6, 6.07) is 0. The maximum atomic E-state index is 6.07. The van der Waals surface area contributed by atoms with Crippen molar-refractivity contribution < 1.29 is 4.74 Å². The molecule has 1 fully saturated rings. The predicted octanol–water partition coefficient (Wildman–Crippen LogP) is 3.39. The number of ether oxygens (including phenoxy) is 1. The van der Waals surface area contributed by atoms with Crippen LogP contribution in [0.3, 0.4) is 0 Å². The van der Waals surface area contributed by atoms with Gasteiger partial charge in [0.05, 0.1) is 11.2 Å². The Morgan fingerprint density at radius 3 is 2.33 bits per heavy atom. The molecule has 0 aromatic heterocycles. The molecule has 0 bridgehead atoms. The molecule has 0 aromatic carbocycles. The lowest BCUT2D eigenvalue weighted by molar-refractivity contribution is -0.0661. The van der Waals surface area contributed by atoms with Gasteiger partial charge in [0.25, 0.3) is 0 Å². The van der Waals surface area contributed by atoms with E-state index in [-0.39, 0.29) is 11.2 Å². The average Bonchev–Trinajstić information content (AvgIpc) is 2.42. The summed E-state index contributed by atoms with van der Waals surface area (Å²) in [5.41, 5.74) is -0.00727. The molecule has 1 saturated carbocycles. The summed E-state index contributed by atoms with van der Waals surface area (Å²) in [6.07, 6.45) is 7.30. The van der Waals surface area contributed by atoms with Crippen LogP contribution >= 0.6 is 15.9 Å². The van der Waals surface area contributed by atoms with Crippen LogP contribution in [0.25, 0.3) is 0 Å². The largest absolute Gasteiger partial charge is 0.360 e. The van der Waals surface area contributed by atoms with Crippen molar-refractivity contribution in [2.45, 2.75) is 50.7 Å². The van der Waals surface area contributed by atoms with Crippen LogP contribution < -0.4 is 0 Å². The van der Waals surface area contributed by atoms with E-state index in [1.807, 2.05) is 0 Å². The maximum absolute atomic E-state index is 6.07. The van der Waals surface area contributed by atoms with Gasteiger partial charge < -0.3 is 4.74 Å². The van der Waals surface area contributed by atoms with Crippen LogP contribution in [-0.2, 0) is 4.74 Å². The van der Waals surface area contributed by atoms with Gasteiger partial charge in [0.2, 0.25) is 0 Å². The van der Waals surface area contributed by atoms with Crippen molar-refractivity contribution in [3.63, 3.8) is 0 Å². The standard InChI is InChI=1S/C10H15BrO/c1-9(2)8(11)7-10(12-9)5-3-4-6-10/h7H,3-6H2,1-2H3. The summed E-state index contributed by atoms with van der Waals surface area (Å²) in [7, 11) is 0. The molecule has 0 atom stereocenters. The third kappa shape index (κ3) is 1.25. The SMILES string of the molecule is CC1(C)OC2(C=C1Br)CCCC2. The molecule has 1 nitrogen and oxygen atoms in total. The minimum absolute atomic E-state index is 0.0856. The molecule has 12 heavy (non-hydrogen) atoms. The Morgan fingerprint density at radius 1 is 1.33 bits per heavy atom.